The molecular formula is C14H18N4O. The highest BCUT2D eigenvalue weighted by Gasteiger charge is 2.01. The van der Waals surface area contributed by atoms with E-state index in [-0.39, 0.29) is 5.91 Å². The Bertz CT molecular complexity index is 521. The van der Waals surface area contributed by atoms with Crippen molar-refractivity contribution in [1.82, 2.24) is 20.4 Å². The van der Waals surface area contributed by atoms with Crippen LogP contribution in [-0.4, -0.2) is 29.3 Å². The molecule has 19 heavy (non-hydrogen) atoms. The van der Waals surface area contributed by atoms with Crippen LogP contribution in [0.25, 0.3) is 0 Å². The summed E-state index contributed by atoms with van der Waals surface area (Å²) in [6.45, 7) is 1.72. The number of carbonyl (C=O) groups is 1. The molecule has 0 aliphatic rings. The quantitative estimate of drug-likeness (QED) is 0.804. The van der Waals surface area contributed by atoms with Crippen LogP contribution in [0, 0.1) is 0 Å². The lowest BCUT2D eigenvalue weighted by molar-refractivity contribution is -0.119. The van der Waals surface area contributed by atoms with Crippen molar-refractivity contribution in [3.8, 4) is 0 Å². The SMILES string of the molecule is CNC(=O)CNCc1cnn(Cc2ccccc2)c1. The molecule has 1 aromatic carbocycles. The van der Waals surface area contributed by atoms with Gasteiger partial charge in [0.15, 0.2) is 0 Å². The Morgan fingerprint density at radius 2 is 2.05 bits per heavy atom. The fourth-order valence-electron chi connectivity index (χ4n) is 1.76. The Morgan fingerprint density at radius 1 is 1.26 bits per heavy atom. The van der Waals surface area contributed by atoms with Gasteiger partial charge in [0.1, 0.15) is 0 Å². The molecule has 1 aromatic heterocycles. The number of amides is 1. The van der Waals surface area contributed by atoms with E-state index in [2.05, 4.69) is 27.9 Å². The second kappa shape index (κ2) is 6.70. The standard InChI is InChI=1S/C14H18N4O/c1-15-14(19)9-16-7-13-8-17-18(11-13)10-12-5-3-2-4-6-12/h2-6,8,11,16H,7,9-10H2,1H3,(H,15,19). The predicted molar refractivity (Wildman–Crippen MR) is 73.5 cm³/mol. The summed E-state index contributed by atoms with van der Waals surface area (Å²) in [5, 5.41) is 9.94. The monoisotopic (exact) mass is 258 g/mol. The van der Waals surface area contributed by atoms with E-state index in [1.165, 1.54) is 5.56 Å². The molecule has 0 bridgehead atoms. The van der Waals surface area contributed by atoms with Gasteiger partial charge in [0.25, 0.3) is 0 Å². The van der Waals surface area contributed by atoms with Crippen molar-refractivity contribution in [2.45, 2.75) is 13.1 Å². The third-order valence-electron chi connectivity index (χ3n) is 2.77. The highest BCUT2D eigenvalue weighted by atomic mass is 16.1. The van der Waals surface area contributed by atoms with E-state index < -0.39 is 0 Å². The Hall–Kier alpha value is -2.14. The van der Waals surface area contributed by atoms with Crippen molar-refractivity contribution in [2.24, 2.45) is 0 Å². The fourth-order valence-corrected chi connectivity index (χ4v) is 1.76. The summed E-state index contributed by atoms with van der Waals surface area (Å²) in [6, 6.07) is 10.2. The molecule has 0 radical (unpaired) electrons. The second-order valence-corrected chi connectivity index (χ2v) is 4.31. The minimum absolute atomic E-state index is 0.0170. The van der Waals surface area contributed by atoms with Gasteiger partial charge < -0.3 is 10.6 Å². The van der Waals surface area contributed by atoms with Gasteiger partial charge in [-0.2, -0.15) is 5.10 Å². The summed E-state index contributed by atoms with van der Waals surface area (Å²) in [6.07, 6.45) is 3.81. The van der Waals surface area contributed by atoms with E-state index in [1.807, 2.05) is 35.3 Å². The summed E-state index contributed by atoms with van der Waals surface area (Å²) in [5.41, 5.74) is 2.29. The van der Waals surface area contributed by atoms with Crippen molar-refractivity contribution in [3.05, 3.63) is 53.9 Å². The number of rotatable bonds is 6. The van der Waals surface area contributed by atoms with E-state index in [0.29, 0.717) is 13.1 Å². The third kappa shape index (κ3) is 4.22. The molecule has 0 saturated carbocycles. The number of aromatic nitrogens is 2. The molecule has 2 N–H and O–H groups in total. The van der Waals surface area contributed by atoms with E-state index in [0.717, 1.165) is 12.1 Å². The van der Waals surface area contributed by atoms with Crippen molar-refractivity contribution in [3.63, 3.8) is 0 Å². The summed E-state index contributed by atoms with van der Waals surface area (Å²) in [5.74, 6) is -0.0170. The zero-order valence-corrected chi connectivity index (χ0v) is 11.0. The van der Waals surface area contributed by atoms with Gasteiger partial charge >= 0.3 is 0 Å². The number of likely N-dealkylation sites (N-methyl/N-ethyl adjacent to an activating group) is 1. The lowest BCUT2D eigenvalue weighted by atomic mass is 10.2. The molecule has 0 saturated heterocycles. The number of carbonyl (C=O) groups excluding carboxylic acids is 1. The van der Waals surface area contributed by atoms with Crippen LogP contribution in [0.3, 0.4) is 0 Å². The lowest BCUT2D eigenvalue weighted by Crippen LogP contribution is -2.30. The first-order valence-corrected chi connectivity index (χ1v) is 6.24. The van der Waals surface area contributed by atoms with Crippen molar-refractivity contribution in [1.29, 1.82) is 0 Å². The molecule has 5 heteroatoms. The average Bonchev–Trinajstić information content (AvgIpc) is 2.87. The molecule has 0 atom stereocenters. The molecule has 0 unspecified atom stereocenters. The van der Waals surface area contributed by atoms with E-state index in [4.69, 9.17) is 0 Å². The molecule has 0 aliphatic carbocycles. The maximum Gasteiger partial charge on any atom is 0.233 e. The highest BCUT2D eigenvalue weighted by molar-refractivity contribution is 5.77. The van der Waals surface area contributed by atoms with Crippen molar-refractivity contribution in [2.75, 3.05) is 13.6 Å². The van der Waals surface area contributed by atoms with Gasteiger partial charge in [-0.25, -0.2) is 0 Å². The first-order chi connectivity index (χ1) is 9.28. The van der Waals surface area contributed by atoms with Crippen LogP contribution in [0.4, 0.5) is 0 Å². The average molecular weight is 258 g/mol. The Labute approximate surface area is 112 Å². The molecule has 100 valence electrons. The molecule has 2 aromatic rings. The van der Waals surface area contributed by atoms with Gasteiger partial charge in [0.05, 0.1) is 19.3 Å². The van der Waals surface area contributed by atoms with Crippen LogP contribution in [-0.2, 0) is 17.9 Å². The third-order valence-corrected chi connectivity index (χ3v) is 2.77. The van der Waals surface area contributed by atoms with Crippen LogP contribution in [0.15, 0.2) is 42.7 Å². The largest absolute Gasteiger partial charge is 0.358 e. The molecule has 0 aliphatic heterocycles. The first kappa shape index (κ1) is 13.3. The molecule has 0 fully saturated rings. The summed E-state index contributed by atoms with van der Waals surface area (Å²) < 4.78 is 1.90. The topological polar surface area (TPSA) is 59.0 Å². The lowest BCUT2D eigenvalue weighted by Gasteiger charge is -2.02. The van der Waals surface area contributed by atoms with Gasteiger partial charge in [0, 0.05) is 25.4 Å². The second-order valence-electron chi connectivity index (χ2n) is 4.31. The van der Waals surface area contributed by atoms with Crippen LogP contribution in [0.1, 0.15) is 11.1 Å². The van der Waals surface area contributed by atoms with Gasteiger partial charge in [-0.3, -0.25) is 9.48 Å². The zero-order chi connectivity index (χ0) is 13.5. The number of nitrogens with zero attached hydrogens (tertiary/aromatic N) is 2. The van der Waals surface area contributed by atoms with E-state index >= 15 is 0 Å². The number of hydrogen-bond acceptors (Lipinski definition) is 3. The van der Waals surface area contributed by atoms with Gasteiger partial charge in [-0.15, -0.1) is 0 Å². The van der Waals surface area contributed by atoms with Crippen LogP contribution >= 0.6 is 0 Å². The Balaban J connectivity index is 1.84. The highest BCUT2D eigenvalue weighted by Crippen LogP contribution is 2.03. The normalized spacial score (nSPS) is 10.4. The summed E-state index contributed by atoms with van der Waals surface area (Å²) in [4.78, 5) is 11.1. The summed E-state index contributed by atoms with van der Waals surface area (Å²) in [7, 11) is 1.63. The molecule has 1 heterocycles. The van der Waals surface area contributed by atoms with Gasteiger partial charge in [0.2, 0.25) is 5.91 Å². The van der Waals surface area contributed by atoms with Gasteiger partial charge in [-0.05, 0) is 5.56 Å². The molecule has 0 spiro atoms. The summed E-state index contributed by atoms with van der Waals surface area (Å²) >= 11 is 0. The number of hydrogen-bond donors (Lipinski definition) is 2. The minimum Gasteiger partial charge on any atom is -0.358 e. The molecule has 2 rings (SSSR count). The Morgan fingerprint density at radius 3 is 2.79 bits per heavy atom. The van der Waals surface area contributed by atoms with Gasteiger partial charge in [-0.1, -0.05) is 30.3 Å². The maximum atomic E-state index is 11.1. The van der Waals surface area contributed by atoms with Crippen molar-refractivity contribution < 1.29 is 4.79 Å². The smallest absolute Gasteiger partial charge is 0.233 e. The fraction of sp³-hybridized carbons (Fsp3) is 0.286. The molecular weight excluding hydrogens is 240 g/mol. The Kier molecular flexibility index (Phi) is 4.69. The number of nitrogens with one attached hydrogen (secondary N) is 2. The van der Waals surface area contributed by atoms with Crippen LogP contribution in [0.5, 0.6) is 0 Å². The van der Waals surface area contributed by atoms with E-state index in [1.54, 1.807) is 7.05 Å². The maximum absolute atomic E-state index is 11.1. The van der Waals surface area contributed by atoms with E-state index in [9.17, 15) is 4.79 Å². The predicted octanol–water partition coefficient (Wildman–Crippen LogP) is 0.767. The minimum atomic E-state index is -0.0170. The van der Waals surface area contributed by atoms with Crippen LogP contribution in [0.2, 0.25) is 0 Å². The van der Waals surface area contributed by atoms with Crippen molar-refractivity contribution >= 4 is 5.91 Å². The molecule has 5 nitrogen and oxygen atoms in total. The van der Waals surface area contributed by atoms with Crippen LogP contribution < -0.4 is 10.6 Å². The molecule has 1 amide bonds. The first-order valence-electron chi connectivity index (χ1n) is 6.24. The number of benzene rings is 1. The zero-order valence-electron chi connectivity index (χ0n) is 11.0.